The molecule has 158 valence electrons. The van der Waals surface area contributed by atoms with Crippen molar-refractivity contribution in [3.05, 3.63) is 30.1 Å². The van der Waals surface area contributed by atoms with E-state index < -0.39 is 11.4 Å². The van der Waals surface area contributed by atoms with Crippen LogP contribution in [0.1, 0.15) is 45.4 Å². The van der Waals surface area contributed by atoms with Gasteiger partial charge in [0.25, 0.3) is 0 Å². The van der Waals surface area contributed by atoms with Gasteiger partial charge in [-0.25, -0.2) is 9.97 Å². The smallest absolute Gasteiger partial charge is 0.234 e. The van der Waals surface area contributed by atoms with Crippen LogP contribution in [-0.2, 0) is 29.3 Å². The summed E-state index contributed by atoms with van der Waals surface area (Å²) < 4.78 is 21.2. The number of hydrogen-bond donors (Lipinski definition) is 3. The van der Waals surface area contributed by atoms with Crippen LogP contribution in [0.2, 0.25) is 0 Å². The number of para-hydroxylation sites is 1. The van der Waals surface area contributed by atoms with E-state index in [-0.39, 0.29) is 0 Å². The second-order valence-electron chi connectivity index (χ2n) is 7.05. The second-order valence-corrected chi connectivity index (χ2v) is 8.48. The number of nitrogens with one attached hydrogen (secondary N) is 1. The number of nitrogens with two attached hydrogens (primary N) is 1. The van der Waals surface area contributed by atoms with Crippen LogP contribution in [0.15, 0.2) is 24.3 Å². The molecule has 0 saturated carbocycles. The van der Waals surface area contributed by atoms with Crippen molar-refractivity contribution >= 4 is 39.1 Å². The summed E-state index contributed by atoms with van der Waals surface area (Å²) in [5, 5.41) is 1.05. The Hall–Kier alpha value is -1.87. The number of imidazole rings is 1. The molecule has 1 aromatic carbocycles. The van der Waals surface area contributed by atoms with E-state index in [4.69, 9.17) is 15.5 Å². The van der Waals surface area contributed by atoms with Crippen LogP contribution < -0.4 is 10.5 Å². The van der Waals surface area contributed by atoms with Crippen molar-refractivity contribution in [2.75, 3.05) is 24.6 Å². The van der Waals surface area contributed by atoms with Crippen LogP contribution in [0.25, 0.3) is 21.9 Å². The molecule has 0 saturated heterocycles. The first-order valence-electron chi connectivity index (χ1n) is 10.4. The average Bonchev–Trinajstić information content (AvgIpc) is 3.09. The van der Waals surface area contributed by atoms with Gasteiger partial charge in [-0.1, -0.05) is 31.5 Å². The number of pyridine rings is 1. The maximum absolute atomic E-state index is 10.1. The molecule has 0 fully saturated rings. The van der Waals surface area contributed by atoms with E-state index in [1.165, 1.54) is 0 Å². The molecule has 1 atom stereocenters. The Morgan fingerprint density at radius 3 is 2.79 bits per heavy atom. The van der Waals surface area contributed by atoms with Gasteiger partial charge in [0.05, 0.1) is 11.0 Å². The monoisotopic (exact) mass is 418 g/mol. The van der Waals surface area contributed by atoms with E-state index in [0.29, 0.717) is 19.0 Å². The number of anilines is 1. The lowest BCUT2D eigenvalue weighted by Gasteiger charge is -2.11. The first kappa shape index (κ1) is 21.8. The molecule has 0 aliphatic heterocycles. The van der Waals surface area contributed by atoms with E-state index >= 15 is 0 Å². The van der Waals surface area contributed by atoms with E-state index in [0.717, 1.165) is 72.3 Å². The van der Waals surface area contributed by atoms with Gasteiger partial charge in [-0.15, -0.1) is 4.72 Å². The maximum Gasteiger partial charge on any atom is 0.234 e. The second kappa shape index (κ2) is 10.8. The number of rotatable bonds is 12. The molecular formula is C21H32N5O2S+. The Labute approximate surface area is 175 Å². The minimum Gasteiger partial charge on any atom is -0.382 e. The number of ether oxygens (including phenoxy) is 1. The lowest BCUT2D eigenvalue weighted by molar-refractivity contribution is 0.126. The number of benzene rings is 1. The largest absolute Gasteiger partial charge is 0.382 e. The molecule has 7 nitrogen and oxygen atoms in total. The summed E-state index contributed by atoms with van der Waals surface area (Å²) in [5.41, 5.74) is 8.85. The van der Waals surface area contributed by atoms with Crippen molar-refractivity contribution in [1.29, 1.82) is 0 Å². The normalized spacial score (nSPS) is 12.8. The SMILES string of the molecule is CCCCN[S+](O)CCCCn1c(COCC)nc2c(N)nc3ccccc3c21. The van der Waals surface area contributed by atoms with Crippen molar-refractivity contribution in [1.82, 2.24) is 19.3 Å². The minimum atomic E-state index is -0.713. The van der Waals surface area contributed by atoms with Gasteiger partial charge in [-0.2, -0.15) is 4.55 Å². The standard InChI is InChI=1S/C21H32N5O2S/c1-3-5-12-23-29(27)14-9-8-13-26-18(15-28-4-2)25-19-20(26)16-10-6-7-11-17(16)24-21(19)22/h6-7,10-11,23,27H,3-5,8-9,12-15H2,1-2H3,(H2,22,24)/q+1. The molecule has 0 aliphatic carbocycles. The zero-order valence-electron chi connectivity index (χ0n) is 17.4. The molecule has 29 heavy (non-hydrogen) atoms. The minimum absolute atomic E-state index is 0.446. The number of aryl methyl sites for hydroxylation is 1. The highest BCUT2D eigenvalue weighted by atomic mass is 32.2. The Morgan fingerprint density at radius 1 is 1.17 bits per heavy atom. The molecule has 1 unspecified atom stereocenters. The highest BCUT2D eigenvalue weighted by Gasteiger charge is 2.18. The third-order valence-corrected chi connectivity index (χ3v) is 6.11. The quantitative estimate of drug-likeness (QED) is 0.305. The predicted octanol–water partition coefficient (Wildman–Crippen LogP) is 3.88. The third-order valence-electron chi connectivity index (χ3n) is 4.89. The Bertz CT molecular complexity index is 930. The highest BCUT2D eigenvalue weighted by Crippen LogP contribution is 2.29. The predicted molar refractivity (Wildman–Crippen MR) is 122 cm³/mol. The van der Waals surface area contributed by atoms with E-state index in [1.54, 1.807) is 0 Å². The van der Waals surface area contributed by atoms with Crippen LogP contribution in [0, 0.1) is 0 Å². The van der Waals surface area contributed by atoms with Gasteiger partial charge in [-0.05, 0) is 32.3 Å². The molecule has 0 bridgehead atoms. The maximum atomic E-state index is 10.1. The summed E-state index contributed by atoms with van der Waals surface area (Å²) in [5.74, 6) is 2.09. The number of nitrogens with zero attached hydrogens (tertiary/aromatic N) is 3. The summed E-state index contributed by atoms with van der Waals surface area (Å²) >= 11 is -0.713. The van der Waals surface area contributed by atoms with Gasteiger partial charge in [-0.3, -0.25) is 0 Å². The molecule has 2 aromatic heterocycles. The molecule has 8 heteroatoms. The van der Waals surface area contributed by atoms with Crippen LogP contribution in [-0.4, -0.2) is 38.0 Å². The summed E-state index contributed by atoms with van der Waals surface area (Å²) in [7, 11) is 0. The van der Waals surface area contributed by atoms with Crippen LogP contribution >= 0.6 is 0 Å². The third kappa shape index (κ3) is 5.39. The first-order valence-corrected chi connectivity index (χ1v) is 11.7. The van der Waals surface area contributed by atoms with Crippen LogP contribution in [0.5, 0.6) is 0 Å². The number of aromatic nitrogens is 3. The van der Waals surface area contributed by atoms with Crippen molar-refractivity contribution in [2.45, 2.75) is 52.7 Å². The summed E-state index contributed by atoms with van der Waals surface area (Å²) in [4.78, 5) is 9.27. The number of nitrogen functional groups attached to an aromatic ring is 1. The fourth-order valence-electron chi connectivity index (χ4n) is 3.40. The molecule has 0 aliphatic rings. The number of hydrogen-bond acceptors (Lipinski definition) is 6. The van der Waals surface area contributed by atoms with Gasteiger partial charge in [0.1, 0.15) is 17.9 Å². The number of unbranched alkanes of at least 4 members (excludes halogenated alkanes) is 2. The lowest BCUT2D eigenvalue weighted by Crippen LogP contribution is -2.27. The van der Waals surface area contributed by atoms with E-state index in [9.17, 15) is 4.55 Å². The summed E-state index contributed by atoms with van der Waals surface area (Å²) in [6.45, 7) is 6.89. The van der Waals surface area contributed by atoms with Gasteiger partial charge < -0.3 is 15.0 Å². The van der Waals surface area contributed by atoms with Gasteiger partial charge in [0.15, 0.2) is 11.6 Å². The molecule has 2 heterocycles. The van der Waals surface area contributed by atoms with E-state index in [2.05, 4.69) is 27.3 Å². The fourth-order valence-corrected chi connectivity index (χ4v) is 4.40. The number of fused-ring (bicyclic) bond motifs is 3. The van der Waals surface area contributed by atoms with E-state index in [1.807, 2.05) is 25.1 Å². The molecule has 0 radical (unpaired) electrons. The average molecular weight is 419 g/mol. The molecular weight excluding hydrogens is 386 g/mol. The van der Waals surface area contributed by atoms with Crippen molar-refractivity contribution < 1.29 is 9.29 Å². The molecule has 0 amide bonds. The topological polar surface area (TPSA) is 98.2 Å². The zero-order valence-corrected chi connectivity index (χ0v) is 18.2. The Morgan fingerprint density at radius 2 is 2.00 bits per heavy atom. The fraction of sp³-hybridized carbons (Fsp3) is 0.524. The summed E-state index contributed by atoms with van der Waals surface area (Å²) in [6, 6.07) is 8.02. The lowest BCUT2D eigenvalue weighted by atomic mass is 10.2. The zero-order chi connectivity index (χ0) is 20.6. The highest BCUT2D eigenvalue weighted by molar-refractivity contribution is 7.89. The van der Waals surface area contributed by atoms with Crippen molar-refractivity contribution in [3.63, 3.8) is 0 Å². The van der Waals surface area contributed by atoms with Crippen LogP contribution in [0.4, 0.5) is 5.82 Å². The van der Waals surface area contributed by atoms with Crippen LogP contribution in [0.3, 0.4) is 0 Å². The van der Waals surface area contributed by atoms with Crippen molar-refractivity contribution in [3.8, 4) is 0 Å². The van der Waals surface area contributed by atoms with Crippen molar-refractivity contribution in [2.24, 2.45) is 0 Å². The molecule has 3 aromatic rings. The Balaban J connectivity index is 1.79. The molecule has 3 rings (SSSR count). The first-order chi connectivity index (χ1) is 14.2. The molecule has 0 spiro atoms. The Kier molecular flexibility index (Phi) is 8.11. The van der Waals surface area contributed by atoms with Gasteiger partial charge in [0.2, 0.25) is 11.4 Å². The summed E-state index contributed by atoms with van der Waals surface area (Å²) in [6.07, 6.45) is 4.10. The van der Waals surface area contributed by atoms with Gasteiger partial charge in [0, 0.05) is 25.1 Å². The van der Waals surface area contributed by atoms with Gasteiger partial charge >= 0.3 is 0 Å². The molecule has 4 N–H and O–H groups in total.